The number of anilines is 1. The van der Waals surface area contributed by atoms with E-state index in [1.165, 1.54) is 16.5 Å². The molecular weight excluding hydrogens is 220 g/mol. The van der Waals surface area contributed by atoms with Crippen molar-refractivity contribution in [3.8, 4) is 11.1 Å². The van der Waals surface area contributed by atoms with Gasteiger partial charge in [0, 0.05) is 24.3 Å². The number of hydrogen-bond donors (Lipinski definition) is 1. The van der Waals surface area contributed by atoms with Crippen molar-refractivity contribution in [1.29, 1.82) is 0 Å². The molecule has 2 heteroatoms. The minimum Gasteiger partial charge on any atom is -0.388 e. The van der Waals surface area contributed by atoms with Crippen LogP contribution in [0, 0.1) is 0 Å². The second-order valence-corrected chi connectivity index (χ2v) is 4.20. The molecule has 0 unspecified atom stereocenters. The number of nitrogens with one attached hydrogen (secondary N) is 1. The number of pyridine rings is 1. The van der Waals surface area contributed by atoms with Crippen LogP contribution in [-0.4, -0.2) is 12.0 Å². The molecule has 1 aromatic heterocycles. The molecule has 2 aromatic carbocycles. The molecule has 0 fully saturated rings. The van der Waals surface area contributed by atoms with Gasteiger partial charge < -0.3 is 5.32 Å². The van der Waals surface area contributed by atoms with Crippen LogP contribution in [0.15, 0.2) is 60.8 Å². The second-order valence-electron chi connectivity index (χ2n) is 4.20. The highest BCUT2D eigenvalue weighted by atomic mass is 14.8. The van der Waals surface area contributed by atoms with Crippen molar-refractivity contribution >= 4 is 16.6 Å². The lowest BCUT2D eigenvalue weighted by Gasteiger charge is -2.07. The van der Waals surface area contributed by atoms with Crippen LogP contribution in [0.4, 0.5) is 5.69 Å². The first-order valence-corrected chi connectivity index (χ1v) is 6.00. The van der Waals surface area contributed by atoms with Crippen molar-refractivity contribution in [1.82, 2.24) is 4.98 Å². The molecule has 18 heavy (non-hydrogen) atoms. The Morgan fingerprint density at radius 3 is 2.44 bits per heavy atom. The van der Waals surface area contributed by atoms with Crippen LogP contribution in [0.1, 0.15) is 0 Å². The molecular formula is C16H14N2. The van der Waals surface area contributed by atoms with Gasteiger partial charge >= 0.3 is 0 Å². The molecule has 2 nitrogen and oxygen atoms in total. The van der Waals surface area contributed by atoms with E-state index in [4.69, 9.17) is 0 Å². The quantitative estimate of drug-likeness (QED) is 0.726. The summed E-state index contributed by atoms with van der Waals surface area (Å²) in [6, 6.07) is 18.7. The summed E-state index contributed by atoms with van der Waals surface area (Å²) in [7, 11) is 1.93. The summed E-state index contributed by atoms with van der Waals surface area (Å²) in [4.78, 5) is 4.39. The van der Waals surface area contributed by atoms with E-state index in [0.717, 1.165) is 11.2 Å². The molecule has 0 aliphatic rings. The number of aromatic nitrogens is 1. The Morgan fingerprint density at radius 2 is 1.67 bits per heavy atom. The van der Waals surface area contributed by atoms with Crippen LogP contribution in [0.5, 0.6) is 0 Å². The van der Waals surface area contributed by atoms with Crippen LogP contribution < -0.4 is 5.32 Å². The molecule has 0 amide bonds. The van der Waals surface area contributed by atoms with Crippen molar-refractivity contribution in [2.24, 2.45) is 0 Å². The topological polar surface area (TPSA) is 24.9 Å². The summed E-state index contributed by atoms with van der Waals surface area (Å²) in [5.74, 6) is 0. The third-order valence-corrected chi connectivity index (χ3v) is 3.13. The van der Waals surface area contributed by atoms with Gasteiger partial charge in [-0.3, -0.25) is 4.98 Å². The smallest absolute Gasteiger partial charge is 0.0708 e. The summed E-state index contributed by atoms with van der Waals surface area (Å²) < 4.78 is 0. The second kappa shape index (κ2) is 4.49. The molecule has 1 N–H and O–H groups in total. The maximum Gasteiger partial charge on any atom is 0.0708 e. The van der Waals surface area contributed by atoms with Gasteiger partial charge in [-0.25, -0.2) is 0 Å². The summed E-state index contributed by atoms with van der Waals surface area (Å²) in [5.41, 5.74) is 4.60. The van der Waals surface area contributed by atoms with Gasteiger partial charge in [0.05, 0.1) is 5.52 Å². The largest absolute Gasteiger partial charge is 0.388 e. The highest BCUT2D eigenvalue weighted by Crippen LogP contribution is 2.27. The number of benzene rings is 2. The Balaban J connectivity index is 2.18. The van der Waals surface area contributed by atoms with Gasteiger partial charge in [-0.15, -0.1) is 0 Å². The highest BCUT2D eigenvalue weighted by molar-refractivity contribution is 5.94. The highest BCUT2D eigenvalue weighted by Gasteiger charge is 2.03. The zero-order valence-electron chi connectivity index (χ0n) is 10.2. The Morgan fingerprint density at radius 1 is 0.889 bits per heavy atom. The standard InChI is InChI=1S/C16H14N2/c1-17-13-8-6-12(7-9-13)14-10-11-18-16-5-3-2-4-15(14)16/h2-11,17H,1H3. The minimum absolute atomic E-state index is 1.03. The molecule has 0 spiro atoms. The number of para-hydroxylation sites is 1. The predicted octanol–water partition coefficient (Wildman–Crippen LogP) is 3.94. The van der Waals surface area contributed by atoms with Gasteiger partial charge in [-0.05, 0) is 35.4 Å². The third-order valence-electron chi connectivity index (χ3n) is 3.13. The Hall–Kier alpha value is -2.35. The van der Waals surface area contributed by atoms with Crippen LogP contribution >= 0.6 is 0 Å². The van der Waals surface area contributed by atoms with Crippen molar-refractivity contribution in [2.45, 2.75) is 0 Å². The van der Waals surface area contributed by atoms with E-state index in [1.807, 2.05) is 25.4 Å². The van der Waals surface area contributed by atoms with Crippen LogP contribution in [0.2, 0.25) is 0 Å². The summed E-state index contributed by atoms with van der Waals surface area (Å²) in [6.45, 7) is 0. The van der Waals surface area contributed by atoms with Gasteiger partial charge in [0.1, 0.15) is 0 Å². The summed E-state index contributed by atoms with van der Waals surface area (Å²) in [5, 5.41) is 4.32. The molecule has 0 saturated carbocycles. The SMILES string of the molecule is CNc1ccc(-c2ccnc3ccccc23)cc1. The summed E-state index contributed by atoms with van der Waals surface area (Å²) in [6.07, 6.45) is 1.86. The lowest BCUT2D eigenvalue weighted by molar-refractivity contribution is 1.41. The average Bonchev–Trinajstić information content (AvgIpc) is 2.47. The zero-order valence-corrected chi connectivity index (χ0v) is 10.2. The average molecular weight is 234 g/mol. The van der Waals surface area contributed by atoms with Crippen LogP contribution in [0.3, 0.4) is 0 Å². The molecule has 3 rings (SSSR count). The van der Waals surface area contributed by atoms with Crippen molar-refractivity contribution in [3.63, 3.8) is 0 Å². The van der Waals surface area contributed by atoms with E-state index in [-0.39, 0.29) is 0 Å². The van der Waals surface area contributed by atoms with Gasteiger partial charge in [0.2, 0.25) is 0 Å². The Kier molecular flexibility index (Phi) is 2.69. The minimum atomic E-state index is 1.03. The van der Waals surface area contributed by atoms with Crippen molar-refractivity contribution < 1.29 is 0 Å². The lowest BCUT2D eigenvalue weighted by atomic mass is 10.0. The fraction of sp³-hybridized carbons (Fsp3) is 0.0625. The first-order chi connectivity index (χ1) is 8.88. The number of nitrogens with zero attached hydrogens (tertiary/aromatic N) is 1. The normalized spacial score (nSPS) is 10.5. The lowest BCUT2D eigenvalue weighted by Crippen LogP contribution is -1.88. The summed E-state index contributed by atoms with van der Waals surface area (Å²) >= 11 is 0. The molecule has 0 aliphatic carbocycles. The van der Waals surface area contributed by atoms with Gasteiger partial charge in [-0.2, -0.15) is 0 Å². The number of rotatable bonds is 2. The van der Waals surface area contributed by atoms with E-state index in [2.05, 4.69) is 52.8 Å². The van der Waals surface area contributed by atoms with E-state index in [0.29, 0.717) is 0 Å². The van der Waals surface area contributed by atoms with E-state index < -0.39 is 0 Å². The van der Waals surface area contributed by atoms with Crippen molar-refractivity contribution in [2.75, 3.05) is 12.4 Å². The molecule has 0 aliphatic heterocycles. The third kappa shape index (κ3) is 1.82. The van der Waals surface area contributed by atoms with Gasteiger partial charge in [-0.1, -0.05) is 30.3 Å². The Labute approximate surface area is 106 Å². The number of hydrogen-bond acceptors (Lipinski definition) is 2. The molecule has 0 saturated heterocycles. The zero-order chi connectivity index (χ0) is 12.4. The maximum atomic E-state index is 4.39. The van der Waals surface area contributed by atoms with E-state index >= 15 is 0 Å². The molecule has 0 atom stereocenters. The van der Waals surface area contributed by atoms with Crippen LogP contribution in [0.25, 0.3) is 22.0 Å². The van der Waals surface area contributed by atoms with E-state index in [1.54, 1.807) is 0 Å². The van der Waals surface area contributed by atoms with Crippen LogP contribution in [-0.2, 0) is 0 Å². The molecule has 0 radical (unpaired) electrons. The predicted molar refractivity (Wildman–Crippen MR) is 76.7 cm³/mol. The first-order valence-electron chi connectivity index (χ1n) is 6.00. The Bertz CT molecular complexity index is 667. The van der Waals surface area contributed by atoms with Crippen molar-refractivity contribution in [3.05, 3.63) is 60.8 Å². The van der Waals surface area contributed by atoms with Gasteiger partial charge in [0.25, 0.3) is 0 Å². The molecule has 1 heterocycles. The first kappa shape index (κ1) is 10.8. The van der Waals surface area contributed by atoms with Gasteiger partial charge in [0.15, 0.2) is 0 Å². The molecule has 88 valence electrons. The maximum absolute atomic E-state index is 4.39. The number of fused-ring (bicyclic) bond motifs is 1. The fourth-order valence-electron chi connectivity index (χ4n) is 2.16. The monoisotopic (exact) mass is 234 g/mol. The molecule has 0 bridgehead atoms. The molecule has 3 aromatic rings. The van der Waals surface area contributed by atoms with E-state index in [9.17, 15) is 0 Å². The fourth-order valence-corrected chi connectivity index (χ4v) is 2.16.